The third kappa shape index (κ3) is 5.03. The normalized spacial score (nSPS) is 14.5. The van der Waals surface area contributed by atoms with Crippen molar-refractivity contribution < 1.29 is 33.4 Å². The van der Waals surface area contributed by atoms with Crippen molar-refractivity contribution in [2.24, 2.45) is 0 Å². The van der Waals surface area contributed by atoms with Gasteiger partial charge < -0.3 is 14.2 Å². The summed E-state index contributed by atoms with van der Waals surface area (Å²) in [6.45, 7) is 2.02. The van der Waals surface area contributed by atoms with Crippen LogP contribution in [0.3, 0.4) is 0 Å². The molecule has 4 amide bonds. The lowest BCUT2D eigenvalue weighted by molar-refractivity contribution is -0.122. The molecule has 0 saturated carbocycles. The summed E-state index contributed by atoms with van der Waals surface area (Å²) < 4.78 is 15.6. The van der Waals surface area contributed by atoms with Crippen LogP contribution in [0.15, 0.2) is 42.0 Å². The third-order valence-electron chi connectivity index (χ3n) is 4.59. The van der Waals surface area contributed by atoms with Crippen LogP contribution in [-0.2, 0) is 14.3 Å². The standard InChI is InChI=1S/C24H19ClN2O7/c1-4-10-34-20-18(25)12-14(13-19(20)33-5-2)11-17-21(28)26-24(31)27(22(17)29)16-8-6-15(7-9-16)23(30)32-3/h1,6-9,11-13H,5,10H2,2-3H3,(H,26,28,31)/b17-11+. The second-order valence-corrected chi connectivity index (χ2v) is 7.16. The fraction of sp³-hybridized carbons (Fsp3) is 0.167. The Morgan fingerprint density at radius 2 is 1.88 bits per heavy atom. The fourth-order valence-electron chi connectivity index (χ4n) is 3.11. The van der Waals surface area contributed by atoms with Crippen molar-refractivity contribution in [2.75, 3.05) is 25.2 Å². The van der Waals surface area contributed by atoms with Gasteiger partial charge in [0, 0.05) is 0 Å². The Hall–Kier alpha value is -4.29. The molecular formula is C24H19ClN2O7. The van der Waals surface area contributed by atoms with E-state index in [1.165, 1.54) is 49.6 Å². The minimum Gasteiger partial charge on any atom is -0.490 e. The maximum absolute atomic E-state index is 13.1. The number of halogens is 1. The van der Waals surface area contributed by atoms with E-state index in [0.717, 1.165) is 4.90 Å². The van der Waals surface area contributed by atoms with Gasteiger partial charge in [0.05, 0.1) is 30.0 Å². The number of esters is 1. The number of urea groups is 1. The predicted molar refractivity (Wildman–Crippen MR) is 124 cm³/mol. The minimum atomic E-state index is -0.927. The first-order valence-electron chi connectivity index (χ1n) is 9.93. The molecule has 0 aromatic heterocycles. The highest BCUT2D eigenvalue weighted by molar-refractivity contribution is 6.39. The molecule has 2 aromatic rings. The number of nitrogens with zero attached hydrogens (tertiary/aromatic N) is 1. The van der Waals surface area contributed by atoms with Gasteiger partial charge in [-0.2, -0.15) is 0 Å². The van der Waals surface area contributed by atoms with Gasteiger partial charge in [0.2, 0.25) is 0 Å². The van der Waals surface area contributed by atoms with E-state index in [4.69, 9.17) is 27.5 Å². The highest BCUT2D eigenvalue weighted by atomic mass is 35.5. The van der Waals surface area contributed by atoms with Crippen LogP contribution >= 0.6 is 11.6 Å². The number of methoxy groups -OCH3 is 1. The maximum atomic E-state index is 13.1. The summed E-state index contributed by atoms with van der Waals surface area (Å²) in [5.74, 6) is 0.520. The Morgan fingerprint density at radius 1 is 1.18 bits per heavy atom. The summed E-state index contributed by atoms with van der Waals surface area (Å²) in [6.07, 6.45) is 6.51. The number of ether oxygens (including phenoxy) is 3. The van der Waals surface area contributed by atoms with Crippen LogP contribution in [-0.4, -0.2) is 44.1 Å². The van der Waals surface area contributed by atoms with Gasteiger partial charge in [0.1, 0.15) is 12.2 Å². The number of carbonyl (C=O) groups is 4. The topological polar surface area (TPSA) is 111 Å². The van der Waals surface area contributed by atoms with E-state index in [1.807, 2.05) is 0 Å². The van der Waals surface area contributed by atoms with Gasteiger partial charge in [0.15, 0.2) is 11.5 Å². The lowest BCUT2D eigenvalue weighted by Gasteiger charge is -2.26. The summed E-state index contributed by atoms with van der Waals surface area (Å²) in [4.78, 5) is 50.4. The van der Waals surface area contributed by atoms with Crippen LogP contribution < -0.4 is 19.7 Å². The van der Waals surface area contributed by atoms with Gasteiger partial charge in [-0.3, -0.25) is 14.9 Å². The van der Waals surface area contributed by atoms with Crippen LogP contribution in [0, 0.1) is 12.3 Å². The molecule has 1 heterocycles. The van der Waals surface area contributed by atoms with Crippen LogP contribution in [0.2, 0.25) is 5.02 Å². The molecule has 3 rings (SSSR count). The van der Waals surface area contributed by atoms with Gasteiger partial charge in [-0.1, -0.05) is 17.5 Å². The fourth-order valence-corrected chi connectivity index (χ4v) is 3.38. The van der Waals surface area contributed by atoms with E-state index in [1.54, 1.807) is 6.92 Å². The van der Waals surface area contributed by atoms with Crippen LogP contribution in [0.4, 0.5) is 10.5 Å². The van der Waals surface area contributed by atoms with Crippen LogP contribution in [0.5, 0.6) is 11.5 Å². The number of hydrogen-bond donors (Lipinski definition) is 1. The quantitative estimate of drug-likeness (QED) is 0.279. The third-order valence-corrected chi connectivity index (χ3v) is 4.87. The summed E-state index contributed by atoms with van der Waals surface area (Å²) in [6, 6.07) is 7.63. The molecule has 34 heavy (non-hydrogen) atoms. The van der Waals surface area contributed by atoms with E-state index in [0.29, 0.717) is 12.2 Å². The Balaban J connectivity index is 1.99. The SMILES string of the molecule is C#CCOc1c(Cl)cc(/C=C2\C(=O)NC(=O)N(c3ccc(C(=O)OC)cc3)C2=O)cc1OCC. The first-order chi connectivity index (χ1) is 16.3. The Morgan fingerprint density at radius 3 is 2.50 bits per heavy atom. The molecule has 10 heteroatoms. The summed E-state index contributed by atoms with van der Waals surface area (Å²) in [5.41, 5.74) is 0.427. The second-order valence-electron chi connectivity index (χ2n) is 6.75. The molecule has 1 fully saturated rings. The van der Waals surface area contributed by atoms with Crippen molar-refractivity contribution in [1.29, 1.82) is 0 Å². The molecule has 1 N–H and O–H groups in total. The van der Waals surface area contributed by atoms with Crippen molar-refractivity contribution in [3.8, 4) is 23.8 Å². The summed E-state index contributed by atoms with van der Waals surface area (Å²) >= 11 is 6.31. The van der Waals surface area contributed by atoms with Crippen LogP contribution in [0.25, 0.3) is 6.08 Å². The van der Waals surface area contributed by atoms with E-state index < -0.39 is 23.8 Å². The molecule has 1 saturated heterocycles. The first kappa shape index (κ1) is 24.4. The van der Waals surface area contributed by atoms with Crippen molar-refractivity contribution >= 4 is 47.2 Å². The largest absolute Gasteiger partial charge is 0.490 e. The van der Waals surface area contributed by atoms with Crippen molar-refractivity contribution in [3.63, 3.8) is 0 Å². The first-order valence-corrected chi connectivity index (χ1v) is 10.3. The average Bonchev–Trinajstić information content (AvgIpc) is 2.81. The molecule has 0 aliphatic carbocycles. The van der Waals surface area contributed by atoms with E-state index in [9.17, 15) is 19.2 Å². The van der Waals surface area contributed by atoms with Crippen molar-refractivity contribution in [1.82, 2.24) is 5.32 Å². The number of hydrogen-bond acceptors (Lipinski definition) is 7. The van der Waals surface area contributed by atoms with E-state index in [2.05, 4.69) is 16.0 Å². The molecule has 0 unspecified atom stereocenters. The molecule has 2 aromatic carbocycles. The molecule has 174 valence electrons. The smallest absolute Gasteiger partial charge is 0.337 e. The zero-order valence-electron chi connectivity index (χ0n) is 18.2. The number of nitrogens with one attached hydrogen (secondary N) is 1. The number of anilines is 1. The minimum absolute atomic E-state index is 0.0348. The molecule has 1 aliphatic rings. The highest BCUT2D eigenvalue weighted by Gasteiger charge is 2.37. The molecule has 0 radical (unpaired) electrons. The monoisotopic (exact) mass is 482 g/mol. The Kier molecular flexibility index (Phi) is 7.56. The summed E-state index contributed by atoms with van der Waals surface area (Å²) in [7, 11) is 1.23. The van der Waals surface area contributed by atoms with Gasteiger partial charge in [0.25, 0.3) is 11.8 Å². The maximum Gasteiger partial charge on any atom is 0.337 e. The number of benzene rings is 2. The number of carbonyl (C=O) groups excluding carboxylic acids is 4. The number of terminal acetylenes is 1. The highest BCUT2D eigenvalue weighted by Crippen LogP contribution is 2.37. The number of rotatable bonds is 7. The molecule has 0 spiro atoms. The van der Waals surface area contributed by atoms with E-state index in [-0.39, 0.29) is 40.0 Å². The molecular weight excluding hydrogens is 464 g/mol. The van der Waals surface area contributed by atoms with Crippen LogP contribution in [0.1, 0.15) is 22.8 Å². The number of barbiturate groups is 1. The van der Waals surface area contributed by atoms with Gasteiger partial charge in [-0.25, -0.2) is 14.5 Å². The molecule has 0 atom stereocenters. The molecule has 0 bridgehead atoms. The van der Waals surface area contributed by atoms with Gasteiger partial charge >= 0.3 is 12.0 Å². The van der Waals surface area contributed by atoms with E-state index >= 15 is 0 Å². The lowest BCUT2D eigenvalue weighted by Crippen LogP contribution is -2.54. The molecule has 1 aliphatic heterocycles. The van der Waals surface area contributed by atoms with Gasteiger partial charge in [-0.05, 0) is 55.0 Å². The van der Waals surface area contributed by atoms with Gasteiger partial charge in [-0.15, -0.1) is 6.42 Å². The predicted octanol–water partition coefficient (Wildman–Crippen LogP) is 3.20. The van der Waals surface area contributed by atoms with Crippen molar-refractivity contribution in [3.05, 3.63) is 58.1 Å². The lowest BCUT2D eigenvalue weighted by atomic mass is 10.1. The Labute approximate surface area is 200 Å². The molecule has 9 nitrogen and oxygen atoms in total. The zero-order valence-corrected chi connectivity index (χ0v) is 19.0. The average molecular weight is 483 g/mol. The Bertz CT molecular complexity index is 1230. The second kappa shape index (κ2) is 10.6. The number of imide groups is 2. The van der Waals surface area contributed by atoms with Crippen molar-refractivity contribution in [2.45, 2.75) is 6.92 Å². The zero-order chi connectivity index (χ0) is 24.8. The number of amides is 4. The summed E-state index contributed by atoms with van der Waals surface area (Å²) in [5, 5.41) is 2.28.